The van der Waals surface area contributed by atoms with E-state index in [0.717, 1.165) is 12.8 Å². The minimum atomic E-state index is -0.0822. The Hall–Kier alpha value is -2.16. The molecule has 1 amide bonds. The zero-order valence-electron chi connectivity index (χ0n) is 16.6. The van der Waals surface area contributed by atoms with Gasteiger partial charge in [0.25, 0.3) is 5.56 Å². The molecule has 0 aliphatic rings. The molecular weight excluding hydrogens is 406 g/mol. The second-order valence-electron chi connectivity index (χ2n) is 6.76. The summed E-state index contributed by atoms with van der Waals surface area (Å²) in [5, 5.41) is 5.44. The number of nitrogens with one attached hydrogen (secondary N) is 1. The highest BCUT2D eigenvalue weighted by molar-refractivity contribution is 7.99. The van der Waals surface area contributed by atoms with Crippen LogP contribution in [0.3, 0.4) is 0 Å². The summed E-state index contributed by atoms with van der Waals surface area (Å²) in [6.45, 7) is 2.83. The minimum Gasteiger partial charge on any atom is -0.383 e. The summed E-state index contributed by atoms with van der Waals surface area (Å²) in [6.07, 6.45) is 1.79. The van der Waals surface area contributed by atoms with Crippen LogP contribution >= 0.6 is 23.1 Å². The van der Waals surface area contributed by atoms with Crippen LogP contribution in [0, 0.1) is 0 Å². The number of fused-ring (bicyclic) bond motifs is 1. The first-order chi connectivity index (χ1) is 14.1. The summed E-state index contributed by atoms with van der Waals surface area (Å²) in [5.74, 6) is 0.151. The van der Waals surface area contributed by atoms with Gasteiger partial charge in [-0.3, -0.25) is 14.2 Å². The van der Waals surface area contributed by atoms with Crippen LogP contribution in [0.25, 0.3) is 10.2 Å². The fraction of sp³-hybridized carbons (Fsp3) is 0.381. The maximum atomic E-state index is 12.7. The number of nitrogens with zero attached hydrogens (tertiary/aromatic N) is 2. The Labute approximate surface area is 178 Å². The van der Waals surface area contributed by atoms with Crippen molar-refractivity contribution in [3.05, 3.63) is 57.7 Å². The number of methoxy groups -OCH3 is 1. The van der Waals surface area contributed by atoms with Crippen molar-refractivity contribution in [1.82, 2.24) is 14.9 Å². The molecule has 0 saturated heterocycles. The molecule has 1 N–H and O–H groups in total. The van der Waals surface area contributed by atoms with Gasteiger partial charge in [0.15, 0.2) is 5.16 Å². The van der Waals surface area contributed by atoms with Crippen LogP contribution in [0.15, 0.2) is 51.7 Å². The number of ether oxygens (including phenoxy) is 1. The summed E-state index contributed by atoms with van der Waals surface area (Å²) >= 11 is 2.66. The van der Waals surface area contributed by atoms with Crippen molar-refractivity contribution in [2.45, 2.75) is 37.5 Å². The smallest absolute Gasteiger partial charge is 0.272 e. The van der Waals surface area contributed by atoms with E-state index in [0.29, 0.717) is 28.5 Å². The summed E-state index contributed by atoms with van der Waals surface area (Å²) in [7, 11) is 1.60. The number of benzene rings is 1. The number of aryl methyl sites for hydroxylation is 1. The average Bonchev–Trinajstić information content (AvgIpc) is 3.20. The zero-order chi connectivity index (χ0) is 20.6. The number of carbonyl (C=O) groups is 1. The number of thiophene rings is 1. The van der Waals surface area contributed by atoms with Gasteiger partial charge in [-0.25, -0.2) is 4.98 Å². The molecule has 3 aromatic rings. The van der Waals surface area contributed by atoms with Crippen molar-refractivity contribution in [2.75, 3.05) is 19.5 Å². The monoisotopic (exact) mass is 431 g/mol. The highest BCUT2D eigenvalue weighted by atomic mass is 32.2. The molecule has 2 aromatic heterocycles. The zero-order valence-corrected chi connectivity index (χ0v) is 18.2. The van der Waals surface area contributed by atoms with Gasteiger partial charge in [0.2, 0.25) is 5.91 Å². The summed E-state index contributed by atoms with van der Waals surface area (Å²) in [6, 6.07) is 12.1. The van der Waals surface area contributed by atoms with Crippen molar-refractivity contribution >= 4 is 39.2 Å². The van der Waals surface area contributed by atoms with E-state index in [-0.39, 0.29) is 23.3 Å². The van der Waals surface area contributed by atoms with Gasteiger partial charge in [0, 0.05) is 13.2 Å². The number of thioether (sulfide) groups is 1. The van der Waals surface area contributed by atoms with Crippen LogP contribution in [0.2, 0.25) is 0 Å². The molecule has 154 valence electrons. The molecule has 3 rings (SSSR count). The first-order valence-electron chi connectivity index (χ1n) is 9.51. The Kier molecular flexibility index (Phi) is 7.85. The second-order valence-corrected chi connectivity index (χ2v) is 8.62. The molecule has 29 heavy (non-hydrogen) atoms. The molecule has 0 spiro atoms. The van der Waals surface area contributed by atoms with Crippen LogP contribution in [-0.2, 0) is 22.5 Å². The van der Waals surface area contributed by atoms with Crippen molar-refractivity contribution < 1.29 is 9.53 Å². The van der Waals surface area contributed by atoms with Gasteiger partial charge in [-0.05, 0) is 36.8 Å². The van der Waals surface area contributed by atoms with E-state index in [9.17, 15) is 9.59 Å². The van der Waals surface area contributed by atoms with Gasteiger partial charge in [-0.15, -0.1) is 11.3 Å². The van der Waals surface area contributed by atoms with Crippen LogP contribution in [0.4, 0.5) is 0 Å². The molecule has 0 aliphatic heterocycles. The van der Waals surface area contributed by atoms with Crippen molar-refractivity contribution in [1.29, 1.82) is 0 Å². The van der Waals surface area contributed by atoms with E-state index in [1.165, 1.54) is 28.7 Å². The Morgan fingerprint density at radius 2 is 2.10 bits per heavy atom. The molecule has 0 aliphatic carbocycles. The van der Waals surface area contributed by atoms with E-state index in [1.54, 1.807) is 11.7 Å². The number of rotatable bonds is 10. The number of carbonyl (C=O) groups excluding carboxylic acids is 1. The molecule has 0 saturated carbocycles. The first kappa shape index (κ1) is 21.5. The highest BCUT2D eigenvalue weighted by Crippen LogP contribution is 2.21. The van der Waals surface area contributed by atoms with E-state index in [4.69, 9.17) is 4.74 Å². The van der Waals surface area contributed by atoms with Gasteiger partial charge in [-0.2, -0.15) is 0 Å². The molecule has 2 heterocycles. The molecule has 1 atom stereocenters. The number of aromatic nitrogens is 2. The largest absolute Gasteiger partial charge is 0.383 e. The van der Waals surface area contributed by atoms with Crippen LogP contribution in [-0.4, -0.2) is 41.0 Å². The minimum absolute atomic E-state index is 0.0616. The Morgan fingerprint density at radius 1 is 1.31 bits per heavy atom. The van der Waals surface area contributed by atoms with Gasteiger partial charge in [-0.1, -0.05) is 42.1 Å². The lowest BCUT2D eigenvalue weighted by molar-refractivity contribution is -0.119. The van der Waals surface area contributed by atoms with Crippen LogP contribution in [0.1, 0.15) is 18.9 Å². The standard InChI is InChI=1S/C21H25N3O3S2/c1-15(8-9-16-6-4-3-5-7-16)22-18(25)14-29-21-23-17-10-13-28-19(17)20(26)24(21)11-12-27-2/h3-7,10,13,15H,8-9,11-12,14H2,1-2H3,(H,22,25)/t15-/m0/s1. The van der Waals surface area contributed by atoms with E-state index < -0.39 is 0 Å². The average molecular weight is 432 g/mol. The maximum absolute atomic E-state index is 12.7. The fourth-order valence-corrected chi connectivity index (χ4v) is 4.57. The fourth-order valence-electron chi connectivity index (χ4n) is 2.96. The predicted molar refractivity (Wildman–Crippen MR) is 119 cm³/mol. The third kappa shape index (κ3) is 5.91. The number of hydrogen-bond donors (Lipinski definition) is 1. The summed E-state index contributed by atoms with van der Waals surface area (Å²) in [5.41, 5.74) is 1.85. The van der Waals surface area contributed by atoms with E-state index >= 15 is 0 Å². The molecule has 1 aromatic carbocycles. The van der Waals surface area contributed by atoms with Crippen molar-refractivity contribution in [3.8, 4) is 0 Å². The number of amides is 1. The lowest BCUT2D eigenvalue weighted by Crippen LogP contribution is -2.34. The Morgan fingerprint density at radius 3 is 2.86 bits per heavy atom. The van der Waals surface area contributed by atoms with Crippen molar-refractivity contribution in [3.63, 3.8) is 0 Å². The molecule has 0 bridgehead atoms. The topological polar surface area (TPSA) is 73.2 Å². The van der Waals surface area contributed by atoms with E-state index in [1.807, 2.05) is 36.6 Å². The molecule has 8 heteroatoms. The maximum Gasteiger partial charge on any atom is 0.272 e. The molecule has 0 radical (unpaired) electrons. The quantitative estimate of drug-likeness (QED) is 0.394. The lowest BCUT2D eigenvalue weighted by Gasteiger charge is -2.15. The number of hydrogen-bond acceptors (Lipinski definition) is 6. The molecule has 6 nitrogen and oxygen atoms in total. The van der Waals surface area contributed by atoms with E-state index in [2.05, 4.69) is 22.4 Å². The SMILES string of the molecule is COCCn1c(SCC(=O)N[C@@H](C)CCc2ccccc2)nc2ccsc2c1=O. The highest BCUT2D eigenvalue weighted by Gasteiger charge is 2.15. The molecular formula is C21H25N3O3S2. The Bertz CT molecular complexity index is 1000. The van der Waals surface area contributed by atoms with Crippen LogP contribution < -0.4 is 10.9 Å². The second kappa shape index (κ2) is 10.6. The third-order valence-corrected chi connectivity index (χ3v) is 6.37. The molecule has 0 unspecified atom stereocenters. The van der Waals surface area contributed by atoms with Gasteiger partial charge >= 0.3 is 0 Å². The summed E-state index contributed by atoms with van der Waals surface area (Å²) in [4.78, 5) is 29.7. The van der Waals surface area contributed by atoms with Crippen LogP contribution in [0.5, 0.6) is 0 Å². The molecule has 0 fully saturated rings. The Balaban J connectivity index is 1.59. The van der Waals surface area contributed by atoms with Crippen molar-refractivity contribution in [2.24, 2.45) is 0 Å². The van der Waals surface area contributed by atoms with Gasteiger partial charge in [0.05, 0.1) is 24.4 Å². The van der Waals surface area contributed by atoms with Gasteiger partial charge < -0.3 is 10.1 Å². The lowest BCUT2D eigenvalue weighted by atomic mass is 10.1. The predicted octanol–water partition coefficient (Wildman–Crippen LogP) is 3.33. The first-order valence-corrected chi connectivity index (χ1v) is 11.4. The normalized spacial score (nSPS) is 12.2. The van der Waals surface area contributed by atoms with Gasteiger partial charge in [0.1, 0.15) is 4.70 Å². The summed E-state index contributed by atoms with van der Waals surface area (Å²) < 4.78 is 7.34. The third-order valence-electron chi connectivity index (χ3n) is 4.50.